The molecule has 0 aliphatic heterocycles. The smallest absolute Gasteiger partial charge is 0.244 e. The second-order valence-corrected chi connectivity index (χ2v) is 4.11. The third-order valence-electron chi connectivity index (χ3n) is 2.59. The number of ether oxygens (including phenoxy) is 2. The first-order valence-electron chi connectivity index (χ1n) is 6.30. The minimum atomic E-state index is 0.228. The number of aromatic nitrogens is 1. The first-order valence-corrected chi connectivity index (χ1v) is 6.30. The molecule has 1 heterocycles. The molecule has 0 radical (unpaired) electrons. The molecule has 0 atom stereocenters. The fourth-order valence-electron chi connectivity index (χ4n) is 1.57. The van der Waals surface area contributed by atoms with Crippen molar-refractivity contribution in [3.63, 3.8) is 0 Å². The van der Waals surface area contributed by atoms with Gasteiger partial charge in [0, 0.05) is 6.20 Å². The molecule has 0 amide bonds. The summed E-state index contributed by atoms with van der Waals surface area (Å²) >= 11 is 0. The number of anilines is 1. The van der Waals surface area contributed by atoms with E-state index in [-0.39, 0.29) is 11.6 Å². The van der Waals surface area contributed by atoms with Gasteiger partial charge in [-0.15, -0.1) is 0 Å². The van der Waals surface area contributed by atoms with Crippen LogP contribution in [0.5, 0.6) is 17.4 Å². The van der Waals surface area contributed by atoms with Gasteiger partial charge in [0.15, 0.2) is 0 Å². The Bertz CT molecular complexity index is 618. The topological polar surface area (TPSA) is 81.2 Å². The molecule has 1 aromatic carbocycles. The molecular formula is C15H15N3O2. The Morgan fingerprint density at radius 3 is 2.55 bits per heavy atom. The van der Waals surface area contributed by atoms with Crippen molar-refractivity contribution in [3.8, 4) is 23.4 Å². The largest absolute Gasteiger partial charge is 0.494 e. The molecule has 0 unspecified atom stereocenters. The predicted molar refractivity (Wildman–Crippen MR) is 75.7 cm³/mol. The number of pyridine rings is 1. The summed E-state index contributed by atoms with van der Waals surface area (Å²) in [6.45, 7) is 2.73. The molecule has 20 heavy (non-hydrogen) atoms. The van der Waals surface area contributed by atoms with Crippen molar-refractivity contribution in [2.24, 2.45) is 0 Å². The van der Waals surface area contributed by atoms with E-state index in [9.17, 15) is 0 Å². The molecule has 0 saturated carbocycles. The van der Waals surface area contributed by atoms with Crippen molar-refractivity contribution in [1.82, 2.24) is 4.98 Å². The minimum Gasteiger partial charge on any atom is -0.494 e. The fourth-order valence-corrected chi connectivity index (χ4v) is 1.57. The van der Waals surface area contributed by atoms with E-state index in [0.717, 1.165) is 12.2 Å². The fraction of sp³-hybridized carbons (Fsp3) is 0.200. The van der Waals surface area contributed by atoms with Crippen LogP contribution in [0.1, 0.15) is 18.9 Å². The van der Waals surface area contributed by atoms with Gasteiger partial charge in [0.1, 0.15) is 23.3 Å². The molecule has 1 aromatic heterocycles. The van der Waals surface area contributed by atoms with E-state index >= 15 is 0 Å². The summed E-state index contributed by atoms with van der Waals surface area (Å²) in [5, 5.41) is 8.90. The lowest BCUT2D eigenvalue weighted by molar-refractivity contribution is 0.317. The Labute approximate surface area is 117 Å². The van der Waals surface area contributed by atoms with Gasteiger partial charge >= 0.3 is 0 Å². The van der Waals surface area contributed by atoms with E-state index in [1.54, 1.807) is 18.2 Å². The zero-order valence-corrected chi connectivity index (χ0v) is 11.2. The van der Waals surface area contributed by atoms with E-state index in [1.807, 2.05) is 25.1 Å². The van der Waals surface area contributed by atoms with Gasteiger partial charge in [-0.3, -0.25) is 0 Å². The molecule has 102 valence electrons. The first kappa shape index (κ1) is 13.7. The number of nitrogen functional groups attached to an aromatic ring is 1. The summed E-state index contributed by atoms with van der Waals surface area (Å²) in [6, 6.07) is 10.7. The molecule has 0 saturated heterocycles. The first-order chi connectivity index (χ1) is 9.74. The zero-order valence-electron chi connectivity index (χ0n) is 11.2. The SMILES string of the molecule is CCCOc1ccc(Oc2nccc(C#N)c2N)cc1. The summed E-state index contributed by atoms with van der Waals surface area (Å²) < 4.78 is 11.0. The van der Waals surface area contributed by atoms with Crippen LogP contribution in [0.3, 0.4) is 0 Å². The molecule has 2 rings (SSSR count). The van der Waals surface area contributed by atoms with Crippen LogP contribution in [0.4, 0.5) is 5.69 Å². The van der Waals surface area contributed by atoms with Crippen LogP contribution >= 0.6 is 0 Å². The van der Waals surface area contributed by atoms with E-state index in [1.165, 1.54) is 6.20 Å². The molecule has 5 heteroatoms. The Morgan fingerprint density at radius 2 is 1.90 bits per heavy atom. The highest BCUT2D eigenvalue weighted by Crippen LogP contribution is 2.28. The van der Waals surface area contributed by atoms with Gasteiger partial charge in [0.05, 0.1) is 12.2 Å². The highest BCUT2D eigenvalue weighted by Gasteiger charge is 2.08. The van der Waals surface area contributed by atoms with Crippen LogP contribution in [-0.2, 0) is 0 Å². The van der Waals surface area contributed by atoms with E-state index in [4.69, 9.17) is 20.5 Å². The molecule has 5 nitrogen and oxygen atoms in total. The summed E-state index contributed by atoms with van der Waals surface area (Å²) in [7, 11) is 0. The average Bonchev–Trinajstić information content (AvgIpc) is 2.48. The monoisotopic (exact) mass is 269 g/mol. The van der Waals surface area contributed by atoms with Gasteiger partial charge in [0.2, 0.25) is 5.88 Å². The molecule has 0 aliphatic carbocycles. The maximum absolute atomic E-state index is 8.90. The Balaban J connectivity index is 2.13. The minimum absolute atomic E-state index is 0.228. The quantitative estimate of drug-likeness (QED) is 0.901. The molecule has 0 bridgehead atoms. The van der Waals surface area contributed by atoms with Gasteiger partial charge in [-0.05, 0) is 36.8 Å². The van der Waals surface area contributed by atoms with E-state index in [0.29, 0.717) is 17.9 Å². The number of nitrogens with two attached hydrogens (primary N) is 1. The van der Waals surface area contributed by atoms with Crippen LogP contribution in [0.25, 0.3) is 0 Å². The summed E-state index contributed by atoms with van der Waals surface area (Å²) in [5.74, 6) is 1.60. The maximum atomic E-state index is 8.90. The maximum Gasteiger partial charge on any atom is 0.244 e. The summed E-state index contributed by atoms with van der Waals surface area (Å²) in [4.78, 5) is 4.02. The molecule has 0 fully saturated rings. The number of nitriles is 1. The van der Waals surface area contributed by atoms with Crippen molar-refractivity contribution in [2.45, 2.75) is 13.3 Å². The average molecular weight is 269 g/mol. The lowest BCUT2D eigenvalue weighted by Gasteiger charge is -2.09. The van der Waals surface area contributed by atoms with Crippen LogP contribution < -0.4 is 15.2 Å². The third-order valence-corrected chi connectivity index (χ3v) is 2.59. The van der Waals surface area contributed by atoms with Crippen LogP contribution in [0, 0.1) is 11.3 Å². The van der Waals surface area contributed by atoms with Gasteiger partial charge in [-0.1, -0.05) is 6.92 Å². The van der Waals surface area contributed by atoms with Crippen molar-refractivity contribution in [2.75, 3.05) is 12.3 Å². The predicted octanol–water partition coefficient (Wildman–Crippen LogP) is 3.12. The number of hydrogen-bond acceptors (Lipinski definition) is 5. The van der Waals surface area contributed by atoms with Crippen LogP contribution in [0.2, 0.25) is 0 Å². The van der Waals surface area contributed by atoms with Crippen molar-refractivity contribution in [1.29, 1.82) is 5.26 Å². The molecular weight excluding hydrogens is 254 g/mol. The Hall–Kier alpha value is -2.74. The number of benzene rings is 1. The summed E-state index contributed by atoms with van der Waals surface area (Å²) in [5.41, 5.74) is 6.39. The van der Waals surface area contributed by atoms with Crippen LogP contribution in [-0.4, -0.2) is 11.6 Å². The van der Waals surface area contributed by atoms with E-state index < -0.39 is 0 Å². The summed E-state index contributed by atoms with van der Waals surface area (Å²) in [6.07, 6.45) is 2.45. The van der Waals surface area contributed by atoms with Crippen molar-refractivity contribution >= 4 is 5.69 Å². The van der Waals surface area contributed by atoms with Gasteiger partial charge in [-0.2, -0.15) is 5.26 Å². The Kier molecular flexibility index (Phi) is 4.40. The van der Waals surface area contributed by atoms with Gasteiger partial charge in [0.25, 0.3) is 0 Å². The highest BCUT2D eigenvalue weighted by molar-refractivity contribution is 5.60. The zero-order chi connectivity index (χ0) is 14.4. The third kappa shape index (κ3) is 3.18. The van der Waals surface area contributed by atoms with Gasteiger partial charge < -0.3 is 15.2 Å². The second-order valence-electron chi connectivity index (χ2n) is 4.11. The highest BCUT2D eigenvalue weighted by atomic mass is 16.5. The molecule has 0 aliphatic rings. The lowest BCUT2D eigenvalue weighted by atomic mass is 10.2. The van der Waals surface area contributed by atoms with Gasteiger partial charge in [-0.25, -0.2) is 4.98 Å². The molecule has 0 spiro atoms. The number of rotatable bonds is 5. The number of nitrogens with zero attached hydrogens (tertiary/aromatic N) is 2. The second kappa shape index (κ2) is 6.43. The normalized spacial score (nSPS) is 9.80. The van der Waals surface area contributed by atoms with Crippen molar-refractivity contribution in [3.05, 3.63) is 42.1 Å². The van der Waals surface area contributed by atoms with Crippen molar-refractivity contribution < 1.29 is 9.47 Å². The molecule has 2 N–H and O–H groups in total. The lowest BCUT2D eigenvalue weighted by Crippen LogP contribution is -1.98. The van der Waals surface area contributed by atoms with Crippen LogP contribution in [0.15, 0.2) is 36.5 Å². The number of hydrogen-bond donors (Lipinski definition) is 1. The molecule has 2 aromatic rings. The van der Waals surface area contributed by atoms with E-state index in [2.05, 4.69) is 4.98 Å². The Morgan fingerprint density at radius 1 is 1.20 bits per heavy atom. The standard InChI is InChI=1S/C15H15N3O2/c1-2-9-19-12-3-5-13(6-4-12)20-15-14(17)11(10-16)7-8-18-15/h3-8H,2,9,17H2,1H3.